The molecule has 6 nitrogen and oxygen atoms in total. The molecule has 102 valence electrons. The summed E-state index contributed by atoms with van der Waals surface area (Å²) in [5.74, 6) is -1.06. The van der Waals surface area contributed by atoms with Gasteiger partial charge in [0, 0.05) is 18.8 Å². The molecule has 1 fully saturated rings. The molecule has 0 atom stereocenters. The van der Waals surface area contributed by atoms with Crippen LogP contribution in [0.5, 0.6) is 0 Å². The smallest absolute Gasteiger partial charge is 0.265 e. The quantitative estimate of drug-likeness (QED) is 0.360. The fraction of sp³-hybridized carbons (Fsp3) is 0.0769. The van der Waals surface area contributed by atoms with E-state index in [1.807, 2.05) is 0 Å². The summed E-state index contributed by atoms with van der Waals surface area (Å²) in [5.41, 5.74) is 0.225. The van der Waals surface area contributed by atoms with Crippen molar-refractivity contribution in [3.63, 3.8) is 0 Å². The van der Waals surface area contributed by atoms with Crippen LogP contribution >= 0.6 is 12.2 Å². The molecule has 7 heteroatoms. The summed E-state index contributed by atoms with van der Waals surface area (Å²) in [7, 11) is 0. The average Bonchev–Trinajstić information content (AvgIpc) is 2.41. The number of nitrogens with zero attached hydrogens (tertiary/aromatic N) is 1. The number of carbonyl (C=O) groups is 2. The number of rotatable bonds is 3. The number of pyridine rings is 1. The summed E-state index contributed by atoms with van der Waals surface area (Å²) in [6.45, 7) is 3.75. The summed E-state index contributed by atoms with van der Waals surface area (Å²) >= 11 is 4.93. The number of nitrogens with one attached hydrogen (secondary N) is 2. The SMILES string of the molecule is C=CCN1C(=O)C(=Cc2ccc(=O)[nH]c2)C(=O)NC1=S. The van der Waals surface area contributed by atoms with E-state index in [1.165, 1.54) is 35.4 Å². The Morgan fingerprint density at radius 3 is 2.65 bits per heavy atom. The van der Waals surface area contributed by atoms with E-state index in [9.17, 15) is 14.4 Å². The first-order chi connectivity index (χ1) is 9.52. The third kappa shape index (κ3) is 2.72. The summed E-state index contributed by atoms with van der Waals surface area (Å²) in [6, 6.07) is 2.82. The van der Waals surface area contributed by atoms with Crippen LogP contribution in [-0.4, -0.2) is 33.4 Å². The predicted molar refractivity (Wildman–Crippen MR) is 77.7 cm³/mol. The van der Waals surface area contributed by atoms with Crippen molar-refractivity contribution in [3.8, 4) is 0 Å². The van der Waals surface area contributed by atoms with E-state index < -0.39 is 11.8 Å². The van der Waals surface area contributed by atoms with Gasteiger partial charge in [-0.15, -0.1) is 6.58 Å². The molecule has 0 spiro atoms. The lowest BCUT2D eigenvalue weighted by Gasteiger charge is -2.27. The highest BCUT2D eigenvalue weighted by Gasteiger charge is 2.32. The molecule has 2 rings (SSSR count). The van der Waals surface area contributed by atoms with Gasteiger partial charge in [-0.25, -0.2) is 0 Å². The zero-order chi connectivity index (χ0) is 14.7. The molecule has 1 saturated heterocycles. The standard InChI is InChI=1S/C13H11N3O3S/c1-2-5-16-12(19)9(11(18)15-13(16)20)6-8-3-4-10(17)14-7-8/h2-4,6-7H,1,5H2,(H,14,17)(H,15,18,20). The van der Waals surface area contributed by atoms with Gasteiger partial charge in [-0.1, -0.05) is 6.08 Å². The van der Waals surface area contributed by atoms with Crippen LogP contribution < -0.4 is 10.9 Å². The molecule has 1 aliphatic rings. The van der Waals surface area contributed by atoms with Crippen molar-refractivity contribution in [2.75, 3.05) is 6.54 Å². The molecule has 1 aromatic heterocycles. The Balaban J connectivity index is 2.38. The van der Waals surface area contributed by atoms with Crippen molar-refractivity contribution in [3.05, 3.63) is 52.5 Å². The summed E-state index contributed by atoms with van der Waals surface area (Å²) < 4.78 is 0. The number of thiocarbonyl (C=S) groups is 1. The third-order valence-corrected chi connectivity index (χ3v) is 2.94. The molecule has 0 unspecified atom stereocenters. The van der Waals surface area contributed by atoms with Gasteiger partial charge in [-0.3, -0.25) is 24.6 Å². The Kier molecular flexibility index (Phi) is 3.90. The van der Waals surface area contributed by atoms with Gasteiger partial charge >= 0.3 is 0 Å². The Labute approximate surface area is 119 Å². The minimum atomic E-state index is -0.563. The first kappa shape index (κ1) is 13.9. The second kappa shape index (κ2) is 5.62. The van der Waals surface area contributed by atoms with Crippen molar-refractivity contribution >= 4 is 35.2 Å². The molecular weight excluding hydrogens is 278 g/mol. The fourth-order valence-corrected chi connectivity index (χ4v) is 1.92. The van der Waals surface area contributed by atoms with Crippen LogP contribution in [0.25, 0.3) is 6.08 Å². The molecule has 1 aromatic rings. The Hall–Kier alpha value is -2.54. The number of hydrogen-bond acceptors (Lipinski definition) is 4. The maximum Gasteiger partial charge on any atom is 0.265 e. The van der Waals surface area contributed by atoms with Crippen LogP contribution in [0.3, 0.4) is 0 Å². The number of aromatic amines is 1. The number of hydrogen-bond donors (Lipinski definition) is 2. The molecule has 0 saturated carbocycles. The fourth-order valence-electron chi connectivity index (χ4n) is 1.67. The highest BCUT2D eigenvalue weighted by molar-refractivity contribution is 7.80. The van der Waals surface area contributed by atoms with Gasteiger partial charge < -0.3 is 4.98 Å². The molecule has 0 aliphatic carbocycles. The zero-order valence-corrected chi connectivity index (χ0v) is 11.2. The summed E-state index contributed by atoms with van der Waals surface area (Å²) in [5, 5.41) is 2.49. The van der Waals surface area contributed by atoms with Gasteiger partial charge in [0.15, 0.2) is 5.11 Å². The highest BCUT2D eigenvalue weighted by Crippen LogP contribution is 2.13. The highest BCUT2D eigenvalue weighted by atomic mass is 32.1. The van der Waals surface area contributed by atoms with E-state index in [-0.39, 0.29) is 22.8 Å². The van der Waals surface area contributed by atoms with Gasteiger partial charge in [0.05, 0.1) is 0 Å². The number of carbonyl (C=O) groups excluding carboxylic acids is 2. The summed E-state index contributed by atoms with van der Waals surface area (Å²) in [4.78, 5) is 38.7. The van der Waals surface area contributed by atoms with Crippen LogP contribution in [0.4, 0.5) is 0 Å². The molecule has 0 bridgehead atoms. The lowest BCUT2D eigenvalue weighted by molar-refractivity contribution is -0.128. The maximum absolute atomic E-state index is 12.2. The normalized spacial score (nSPS) is 17.3. The van der Waals surface area contributed by atoms with E-state index in [1.54, 1.807) is 0 Å². The summed E-state index contributed by atoms with van der Waals surface area (Å²) in [6.07, 6.45) is 4.32. The molecule has 0 aromatic carbocycles. The topological polar surface area (TPSA) is 82.3 Å². The van der Waals surface area contributed by atoms with E-state index in [2.05, 4.69) is 16.9 Å². The van der Waals surface area contributed by atoms with Crippen molar-refractivity contribution in [1.29, 1.82) is 0 Å². The Morgan fingerprint density at radius 2 is 2.05 bits per heavy atom. The van der Waals surface area contributed by atoms with Crippen molar-refractivity contribution < 1.29 is 9.59 Å². The number of H-pyrrole nitrogens is 1. The average molecular weight is 289 g/mol. The molecular formula is C13H11N3O3S. The van der Waals surface area contributed by atoms with Crippen LogP contribution in [-0.2, 0) is 9.59 Å². The number of aromatic nitrogens is 1. The molecule has 2 heterocycles. The molecule has 2 amide bonds. The van der Waals surface area contributed by atoms with E-state index >= 15 is 0 Å². The third-order valence-electron chi connectivity index (χ3n) is 2.62. The largest absolute Gasteiger partial charge is 0.329 e. The van der Waals surface area contributed by atoms with Gasteiger partial charge in [-0.05, 0) is 29.9 Å². The maximum atomic E-state index is 12.2. The van der Waals surface area contributed by atoms with Gasteiger partial charge in [0.2, 0.25) is 5.56 Å². The Bertz CT molecular complexity index is 670. The second-order valence-electron chi connectivity index (χ2n) is 4.01. The molecule has 2 N–H and O–H groups in total. The monoisotopic (exact) mass is 289 g/mol. The first-order valence-corrected chi connectivity index (χ1v) is 6.12. The van der Waals surface area contributed by atoms with Crippen molar-refractivity contribution in [2.24, 2.45) is 0 Å². The van der Waals surface area contributed by atoms with Gasteiger partial charge in [-0.2, -0.15) is 0 Å². The van der Waals surface area contributed by atoms with Crippen LogP contribution in [0, 0.1) is 0 Å². The lowest BCUT2D eigenvalue weighted by atomic mass is 10.1. The van der Waals surface area contributed by atoms with Gasteiger partial charge in [0.1, 0.15) is 5.57 Å². The van der Waals surface area contributed by atoms with Crippen molar-refractivity contribution in [1.82, 2.24) is 15.2 Å². The van der Waals surface area contributed by atoms with Crippen LogP contribution in [0.2, 0.25) is 0 Å². The van der Waals surface area contributed by atoms with E-state index in [4.69, 9.17) is 12.2 Å². The number of amides is 2. The van der Waals surface area contributed by atoms with Crippen LogP contribution in [0.1, 0.15) is 5.56 Å². The zero-order valence-electron chi connectivity index (χ0n) is 10.4. The van der Waals surface area contributed by atoms with E-state index in [0.29, 0.717) is 5.56 Å². The lowest BCUT2D eigenvalue weighted by Crippen LogP contribution is -2.53. The minimum absolute atomic E-state index is 0.0486. The molecule has 0 radical (unpaired) electrons. The van der Waals surface area contributed by atoms with Crippen LogP contribution in [0.15, 0.2) is 41.4 Å². The second-order valence-corrected chi connectivity index (χ2v) is 4.39. The predicted octanol–water partition coefficient (Wildman–Crippen LogP) is 0.188. The van der Waals surface area contributed by atoms with E-state index in [0.717, 1.165) is 0 Å². The molecule has 20 heavy (non-hydrogen) atoms. The van der Waals surface area contributed by atoms with Gasteiger partial charge in [0.25, 0.3) is 11.8 Å². The molecule has 1 aliphatic heterocycles. The first-order valence-electron chi connectivity index (χ1n) is 5.71. The minimum Gasteiger partial charge on any atom is -0.329 e. The van der Waals surface area contributed by atoms with Crippen molar-refractivity contribution in [2.45, 2.75) is 0 Å². The Morgan fingerprint density at radius 1 is 1.30 bits per heavy atom.